The zero-order valence-electron chi connectivity index (χ0n) is 9.53. The van der Waals surface area contributed by atoms with Crippen LogP contribution in [-0.2, 0) is 16.1 Å². The molecular formula is C12H12BrFN2O2. The number of halogens is 2. The lowest BCUT2D eigenvalue weighted by molar-refractivity contribution is -0.149. The largest absolute Gasteiger partial charge is 0.320 e. The molecule has 0 radical (unpaired) electrons. The van der Waals surface area contributed by atoms with Crippen LogP contribution >= 0.6 is 15.9 Å². The summed E-state index contributed by atoms with van der Waals surface area (Å²) in [5, 5.41) is 0. The summed E-state index contributed by atoms with van der Waals surface area (Å²) < 4.78 is 13.8. The second kappa shape index (κ2) is 5.16. The van der Waals surface area contributed by atoms with Gasteiger partial charge in [-0.15, -0.1) is 0 Å². The fourth-order valence-electron chi connectivity index (χ4n) is 1.86. The third-order valence-corrected chi connectivity index (χ3v) is 3.66. The zero-order valence-corrected chi connectivity index (χ0v) is 11.1. The Morgan fingerprint density at radius 3 is 2.89 bits per heavy atom. The molecule has 18 heavy (non-hydrogen) atoms. The van der Waals surface area contributed by atoms with Gasteiger partial charge in [-0.05, 0) is 30.2 Å². The maximum absolute atomic E-state index is 13.1. The molecule has 1 atom stereocenters. The van der Waals surface area contributed by atoms with Crippen LogP contribution in [0.4, 0.5) is 4.39 Å². The van der Waals surface area contributed by atoms with Gasteiger partial charge in [0.15, 0.2) is 0 Å². The summed E-state index contributed by atoms with van der Waals surface area (Å²) >= 11 is 3.27. The van der Waals surface area contributed by atoms with Crippen LogP contribution in [0.2, 0.25) is 0 Å². The Morgan fingerprint density at radius 2 is 2.17 bits per heavy atom. The van der Waals surface area contributed by atoms with Crippen LogP contribution in [-0.4, -0.2) is 22.8 Å². The van der Waals surface area contributed by atoms with Crippen molar-refractivity contribution < 1.29 is 14.0 Å². The zero-order chi connectivity index (χ0) is 13.3. The van der Waals surface area contributed by atoms with Gasteiger partial charge in [0.2, 0.25) is 11.8 Å². The maximum Gasteiger partial charge on any atom is 0.246 e. The second-order valence-electron chi connectivity index (χ2n) is 4.20. The van der Waals surface area contributed by atoms with Gasteiger partial charge >= 0.3 is 0 Å². The van der Waals surface area contributed by atoms with Crippen molar-refractivity contribution in [3.8, 4) is 0 Å². The number of carbonyl (C=O) groups excluding carboxylic acids is 2. The Balaban J connectivity index is 2.24. The van der Waals surface area contributed by atoms with Crippen molar-refractivity contribution in [3.63, 3.8) is 0 Å². The van der Waals surface area contributed by atoms with E-state index in [4.69, 9.17) is 5.73 Å². The highest BCUT2D eigenvalue weighted by molar-refractivity contribution is 9.10. The lowest BCUT2D eigenvalue weighted by Crippen LogP contribution is -2.50. The monoisotopic (exact) mass is 314 g/mol. The molecular weight excluding hydrogens is 303 g/mol. The molecule has 0 aliphatic carbocycles. The lowest BCUT2D eigenvalue weighted by atomic mass is 10.0. The Hall–Kier alpha value is -1.27. The molecule has 0 aromatic heterocycles. The Kier molecular flexibility index (Phi) is 3.77. The summed E-state index contributed by atoms with van der Waals surface area (Å²) in [6, 6.07) is 3.50. The van der Waals surface area contributed by atoms with Crippen molar-refractivity contribution >= 4 is 27.7 Å². The van der Waals surface area contributed by atoms with Gasteiger partial charge in [0.1, 0.15) is 5.82 Å². The molecule has 96 valence electrons. The number of rotatable bonds is 2. The van der Waals surface area contributed by atoms with E-state index in [1.54, 1.807) is 6.07 Å². The average molecular weight is 315 g/mol. The van der Waals surface area contributed by atoms with Gasteiger partial charge in [-0.25, -0.2) is 4.39 Å². The van der Waals surface area contributed by atoms with E-state index in [9.17, 15) is 14.0 Å². The molecule has 0 spiro atoms. The van der Waals surface area contributed by atoms with E-state index < -0.39 is 17.8 Å². The number of hydrogen-bond donors (Lipinski definition) is 1. The van der Waals surface area contributed by atoms with Crippen molar-refractivity contribution in [2.24, 2.45) is 5.73 Å². The van der Waals surface area contributed by atoms with Gasteiger partial charge in [0.05, 0.1) is 12.6 Å². The summed E-state index contributed by atoms with van der Waals surface area (Å²) in [5.41, 5.74) is 6.17. The first-order valence-electron chi connectivity index (χ1n) is 5.53. The fraction of sp³-hybridized carbons (Fsp3) is 0.333. The average Bonchev–Trinajstić information content (AvgIpc) is 2.34. The molecule has 1 aromatic rings. The molecule has 0 saturated carbocycles. The van der Waals surface area contributed by atoms with Gasteiger partial charge in [-0.2, -0.15) is 0 Å². The highest BCUT2D eigenvalue weighted by atomic mass is 79.9. The molecule has 6 heteroatoms. The van der Waals surface area contributed by atoms with E-state index >= 15 is 0 Å². The lowest BCUT2D eigenvalue weighted by Gasteiger charge is -2.29. The van der Waals surface area contributed by atoms with Crippen LogP contribution < -0.4 is 5.73 Å². The molecule has 0 bridgehead atoms. The number of nitrogens with two attached hydrogens (primary N) is 1. The Bertz CT molecular complexity index is 507. The third-order valence-electron chi connectivity index (χ3n) is 2.89. The number of amides is 2. The summed E-state index contributed by atoms with van der Waals surface area (Å²) in [7, 11) is 0. The highest BCUT2D eigenvalue weighted by Crippen LogP contribution is 2.22. The topological polar surface area (TPSA) is 63.4 Å². The minimum atomic E-state index is -0.643. The number of carbonyl (C=O) groups is 2. The third kappa shape index (κ3) is 2.59. The van der Waals surface area contributed by atoms with Crippen LogP contribution in [0.5, 0.6) is 0 Å². The van der Waals surface area contributed by atoms with E-state index in [1.165, 1.54) is 12.1 Å². The quantitative estimate of drug-likeness (QED) is 0.843. The molecule has 2 rings (SSSR count). The van der Waals surface area contributed by atoms with Crippen LogP contribution in [0, 0.1) is 5.82 Å². The predicted molar refractivity (Wildman–Crippen MR) is 66.9 cm³/mol. The van der Waals surface area contributed by atoms with Crippen LogP contribution in [0.25, 0.3) is 0 Å². The van der Waals surface area contributed by atoms with Gasteiger partial charge in [-0.1, -0.05) is 15.9 Å². The predicted octanol–water partition coefficient (Wildman–Crippen LogP) is 1.56. The first-order chi connectivity index (χ1) is 8.49. The van der Waals surface area contributed by atoms with E-state index in [1.807, 2.05) is 0 Å². The first kappa shape index (κ1) is 13.2. The molecule has 1 heterocycles. The normalized spacial score (nSPS) is 20.4. The summed E-state index contributed by atoms with van der Waals surface area (Å²) in [6.45, 7) is 0.0453. The van der Waals surface area contributed by atoms with Crippen molar-refractivity contribution in [2.75, 3.05) is 0 Å². The number of hydrogen-bond acceptors (Lipinski definition) is 3. The molecule has 1 aromatic carbocycles. The van der Waals surface area contributed by atoms with Crippen LogP contribution in [0.3, 0.4) is 0 Å². The van der Waals surface area contributed by atoms with E-state index in [2.05, 4.69) is 15.9 Å². The van der Waals surface area contributed by atoms with Crippen molar-refractivity contribution in [1.82, 2.24) is 4.90 Å². The number of piperidine rings is 1. The van der Waals surface area contributed by atoms with Gasteiger partial charge in [0.25, 0.3) is 0 Å². The van der Waals surface area contributed by atoms with E-state index in [-0.39, 0.29) is 18.9 Å². The van der Waals surface area contributed by atoms with Crippen molar-refractivity contribution in [2.45, 2.75) is 25.4 Å². The minimum absolute atomic E-state index is 0.0453. The number of benzene rings is 1. The maximum atomic E-state index is 13.1. The van der Waals surface area contributed by atoms with Gasteiger partial charge in [0, 0.05) is 10.9 Å². The van der Waals surface area contributed by atoms with Crippen LogP contribution in [0.15, 0.2) is 22.7 Å². The molecule has 1 aliphatic heterocycles. The second-order valence-corrected chi connectivity index (χ2v) is 5.05. The van der Waals surface area contributed by atoms with Gasteiger partial charge in [-0.3, -0.25) is 14.5 Å². The molecule has 2 amide bonds. The summed E-state index contributed by atoms with van der Waals surface area (Å²) in [5.74, 6) is -1.07. The SMILES string of the molecule is NC1CCC(=O)N(Cc2cc(F)ccc2Br)C1=O. The summed E-state index contributed by atoms with van der Waals surface area (Å²) in [6.07, 6.45) is 0.623. The fourth-order valence-corrected chi connectivity index (χ4v) is 2.23. The molecule has 1 saturated heterocycles. The van der Waals surface area contributed by atoms with Crippen LogP contribution in [0.1, 0.15) is 18.4 Å². The number of imide groups is 1. The first-order valence-corrected chi connectivity index (χ1v) is 6.32. The highest BCUT2D eigenvalue weighted by Gasteiger charge is 2.32. The molecule has 2 N–H and O–H groups in total. The molecule has 1 fully saturated rings. The van der Waals surface area contributed by atoms with Gasteiger partial charge < -0.3 is 5.73 Å². The molecule has 1 unspecified atom stereocenters. The Morgan fingerprint density at radius 1 is 1.44 bits per heavy atom. The van der Waals surface area contributed by atoms with Crippen molar-refractivity contribution in [1.29, 1.82) is 0 Å². The smallest absolute Gasteiger partial charge is 0.246 e. The Labute approximate surface area is 112 Å². The standard InChI is InChI=1S/C12H12BrFN2O2/c13-9-2-1-8(14)5-7(9)6-16-11(17)4-3-10(15)12(16)18/h1-2,5,10H,3-4,6,15H2. The van der Waals surface area contributed by atoms with E-state index in [0.29, 0.717) is 16.5 Å². The van der Waals surface area contributed by atoms with E-state index in [0.717, 1.165) is 4.90 Å². The molecule has 4 nitrogen and oxygen atoms in total. The minimum Gasteiger partial charge on any atom is -0.320 e. The number of likely N-dealkylation sites (tertiary alicyclic amines) is 1. The van der Waals surface area contributed by atoms with Crippen molar-refractivity contribution in [3.05, 3.63) is 34.1 Å². The molecule has 1 aliphatic rings. The number of nitrogens with zero attached hydrogens (tertiary/aromatic N) is 1. The summed E-state index contributed by atoms with van der Waals surface area (Å²) in [4.78, 5) is 24.6.